The molecule has 1 saturated heterocycles. The maximum absolute atomic E-state index is 14.3. The number of hydrogen-bond donors (Lipinski definition) is 1. The Labute approximate surface area is 187 Å². The number of benzene rings is 2. The highest BCUT2D eigenvalue weighted by atomic mass is 19.1. The lowest BCUT2D eigenvalue weighted by Gasteiger charge is -2.22. The molecule has 0 radical (unpaired) electrons. The molecule has 0 unspecified atom stereocenters. The Morgan fingerprint density at radius 1 is 1.00 bits per heavy atom. The molecule has 0 spiro atoms. The maximum Gasteiger partial charge on any atom is 0.256 e. The van der Waals surface area contributed by atoms with Gasteiger partial charge in [-0.2, -0.15) is 0 Å². The molecule has 0 bridgehead atoms. The van der Waals surface area contributed by atoms with Crippen molar-refractivity contribution in [2.75, 3.05) is 38.6 Å². The van der Waals surface area contributed by atoms with E-state index in [-0.39, 0.29) is 17.4 Å². The van der Waals surface area contributed by atoms with Crippen LogP contribution in [-0.4, -0.2) is 60.8 Å². The molecule has 0 saturated carbocycles. The minimum Gasteiger partial charge on any atom is -0.497 e. The molecule has 7 nitrogen and oxygen atoms in total. The summed E-state index contributed by atoms with van der Waals surface area (Å²) in [5.41, 5.74) is 1.34. The van der Waals surface area contributed by atoms with Crippen LogP contribution in [0.25, 0.3) is 0 Å². The zero-order valence-corrected chi connectivity index (χ0v) is 18.4. The standard InChI is InChI=1S/C24H28FN3O4/c1-17(29)26-19-7-10-22(25)21(16-19)24(31)28-13-3-12-27(14-15-28)23(30)11-6-18-4-8-20(32-2)9-5-18/h4-5,7-10,16H,3,6,11-15H2,1-2H3,(H,26,29). The second kappa shape index (κ2) is 10.7. The van der Waals surface area contributed by atoms with Crippen LogP contribution in [0.15, 0.2) is 42.5 Å². The first-order valence-electron chi connectivity index (χ1n) is 10.6. The van der Waals surface area contributed by atoms with E-state index in [1.807, 2.05) is 24.3 Å². The number of nitrogens with one attached hydrogen (secondary N) is 1. The van der Waals surface area contributed by atoms with E-state index in [0.717, 1.165) is 11.3 Å². The smallest absolute Gasteiger partial charge is 0.256 e. The van der Waals surface area contributed by atoms with Crippen LogP contribution in [0.3, 0.4) is 0 Å². The molecule has 1 aliphatic heterocycles. The molecule has 0 atom stereocenters. The summed E-state index contributed by atoms with van der Waals surface area (Å²) in [6.07, 6.45) is 1.63. The first-order chi connectivity index (χ1) is 15.4. The molecule has 3 amide bonds. The Balaban J connectivity index is 1.57. The largest absolute Gasteiger partial charge is 0.497 e. The van der Waals surface area contributed by atoms with Crippen molar-refractivity contribution in [3.8, 4) is 5.75 Å². The zero-order chi connectivity index (χ0) is 23.1. The molecule has 1 aliphatic rings. The van der Waals surface area contributed by atoms with E-state index in [1.165, 1.54) is 25.1 Å². The highest BCUT2D eigenvalue weighted by Gasteiger charge is 2.24. The van der Waals surface area contributed by atoms with Crippen molar-refractivity contribution in [3.05, 3.63) is 59.4 Å². The van der Waals surface area contributed by atoms with Gasteiger partial charge in [0.25, 0.3) is 5.91 Å². The maximum atomic E-state index is 14.3. The summed E-state index contributed by atoms with van der Waals surface area (Å²) >= 11 is 0. The number of methoxy groups -OCH3 is 1. The first kappa shape index (κ1) is 23.2. The molecule has 0 aromatic heterocycles. The van der Waals surface area contributed by atoms with Crippen LogP contribution >= 0.6 is 0 Å². The quantitative estimate of drug-likeness (QED) is 0.747. The summed E-state index contributed by atoms with van der Waals surface area (Å²) in [6, 6.07) is 11.6. The van der Waals surface area contributed by atoms with Gasteiger partial charge in [-0.25, -0.2) is 4.39 Å². The average Bonchev–Trinajstić information content (AvgIpc) is 3.05. The fraction of sp³-hybridized carbons (Fsp3) is 0.375. The molecule has 0 aliphatic carbocycles. The van der Waals surface area contributed by atoms with Crippen molar-refractivity contribution >= 4 is 23.4 Å². The molecule has 1 heterocycles. The van der Waals surface area contributed by atoms with Crippen molar-refractivity contribution in [2.45, 2.75) is 26.2 Å². The van der Waals surface area contributed by atoms with Crippen molar-refractivity contribution in [3.63, 3.8) is 0 Å². The summed E-state index contributed by atoms with van der Waals surface area (Å²) in [6.45, 7) is 3.07. The lowest BCUT2D eigenvalue weighted by Crippen LogP contribution is -2.37. The van der Waals surface area contributed by atoms with Gasteiger partial charge in [0.05, 0.1) is 12.7 Å². The molecule has 2 aromatic carbocycles. The van der Waals surface area contributed by atoms with Crippen molar-refractivity contribution in [1.82, 2.24) is 9.80 Å². The average molecular weight is 442 g/mol. The van der Waals surface area contributed by atoms with E-state index in [2.05, 4.69) is 5.32 Å². The number of aryl methyl sites for hydroxylation is 1. The number of hydrogen-bond acceptors (Lipinski definition) is 4. The van der Waals surface area contributed by atoms with Crippen molar-refractivity contribution in [1.29, 1.82) is 0 Å². The third-order valence-corrected chi connectivity index (χ3v) is 5.44. The Morgan fingerprint density at radius 2 is 1.69 bits per heavy atom. The summed E-state index contributed by atoms with van der Waals surface area (Å²) in [5.74, 6) is -0.568. The monoisotopic (exact) mass is 441 g/mol. The molecule has 170 valence electrons. The summed E-state index contributed by atoms with van der Waals surface area (Å²) in [5, 5.41) is 2.56. The Bertz CT molecular complexity index is 978. The van der Waals surface area contributed by atoms with Gasteiger partial charge in [0.15, 0.2) is 0 Å². The van der Waals surface area contributed by atoms with Gasteiger partial charge in [0.1, 0.15) is 11.6 Å². The van der Waals surface area contributed by atoms with Gasteiger partial charge < -0.3 is 19.9 Å². The zero-order valence-electron chi connectivity index (χ0n) is 18.4. The Hall–Kier alpha value is -3.42. The van der Waals surface area contributed by atoms with Crippen molar-refractivity contribution in [2.24, 2.45) is 0 Å². The molecular weight excluding hydrogens is 413 g/mol. The third-order valence-electron chi connectivity index (χ3n) is 5.44. The number of nitrogens with zero attached hydrogens (tertiary/aromatic N) is 2. The van der Waals surface area contributed by atoms with Crippen LogP contribution in [0, 0.1) is 5.82 Å². The minimum absolute atomic E-state index is 0.0361. The van der Waals surface area contributed by atoms with E-state index in [9.17, 15) is 18.8 Å². The van der Waals surface area contributed by atoms with Crippen LogP contribution in [0.2, 0.25) is 0 Å². The SMILES string of the molecule is COc1ccc(CCC(=O)N2CCCN(C(=O)c3cc(NC(C)=O)ccc3F)CC2)cc1. The normalized spacial score (nSPS) is 14.0. The van der Waals surface area contributed by atoms with E-state index < -0.39 is 11.7 Å². The second-order valence-electron chi connectivity index (χ2n) is 7.75. The van der Waals surface area contributed by atoms with Crippen LogP contribution < -0.4 is 10.1 Å². The van der Waals surface area contributed by atoms with E-state index in [1.54, 1.807) is 16.9 Å². The number of carbonyl (C=O) groups is 3. The first-order valence-corrected chi connectivity index (χ1v) is 10.6. The fourth-order valence-corrected chi connectivity index (χ4v) is 3.71. The fourth-order valence-electron chi connectivity index (χ4n) is 3.71. The number of halogens is 1. The van der Waals surface area contributed by atoms with Gasteiger partial charge in [-0.15, -0.1) is 0 Å². The topological polar surface area (TPSA) is 79.0 Å². The number of carbonyl (C=O) groups excluding carboxylic acids is 3. The highest BCUT2D eigenvalue weighted by Crippen LogP contribution is 2.19. The molecule has 32 heavy (non-hydrogen) atoms. The summed E-state index contributed by atoms with van der Waals surface area (Å²) in [4.78, 5) is 40.2. The van der Waals surface area contributed by atoms with Gasteiger partial charge in [0, 0.05) is 45.2 Å². The third kappa shape index (κ3) is 6.06. The molecule has 1 fully saturated rings. The second-order valence-corrected chi connectivity index (χ2v) is 7.75. The van der Waals surface area contributed by atoms with E-state index in [0.29, 0.717) is 51.1 Å². The number of anilines is 1. The van der Waals surface area contributed by atoms with Crippen LogP contribution in [-0.2, 0) is 16.0 Å². The molecule has 1 N–H and O–H groups in total. The highest BCUT2D eigenvalue weighted by molar-refractivity contribution is 5.97. The molecular formula is C24H28FN3O4. The molecule has 2 aromatic rings. The van der Waals surface area contributed by atoms with Crippen molar-refractivity contribution < 1.29 is 23.5 Å². The van der Waals surface area contributed by atoms with E-state index in [4.69, 9.17) is 4.74 Å². The molecule has 8 heteroatoms. The Kier molecular flexibility index (Phi) is 7.81. The number of ether oxygens (including phenoxy) is 1. The summed E-state index contributed by atoms with van der Waals surface area (Å²) < 4.78 is 19.4. The van der Waals surface area contributed by atoms with Gasteiger partial charge in [-0.05, 0) is 48.7 Å². The van der Waals surface area contributed by atoms with Crippen LogP contribution in [0.1, 0.15) is 35.7 Å². The predicted octanol–water partition coefficient (Wildman–Crippen LogP) is 3.10. The molecule has 3 rings (SSSR count). The van der Waals surface area contributed by atoms with Gasteiger partial charge in [-0.3, -0.25) is 14.4 Å². The van der Waals surface area contributed by atoms with Gasteiger partial charge >= 0.3 is 0 Å². The van der Waals surface area contributed by atoms with Gasteiger partial charge in [-0.1, -0.05) is 12.1 Å². The van der Waals surface area contributed by atoms with Crippen LogP contribution in [0.4, 0.5) is 10.1 Å². The Morgan fingerprint density at radius 3 is 2.38 bits per heavy atom. The van der Waals surface area contributed by atoms with E-state index >= 15 is 0 Å². The summed E-state index contributed by atoms with van der Waals surface area (Å²) in [7, 11) is 1.61. The lowest BCUT2D eigenvalue weighted by atomic mass is 10.1. The lowest BCUT2D eigenvalue weighted by molar-refractivity contribution is -0.131. The number of rotatable bonds is 6. The minimum atomic E-state index is -0.638. The predicted molar refractivity (Wildman–Crippen MR) is 119 cm³/mol. The number of amides is 3. The van der Waals surface area contributed by atoms with Crippen LogP contribution in [0.5, 0.6) is 5.75 Å². The van der Waals surface area contributed by atoms with Gasteiger partial charge in [0.2, 0.25) is 11.8 Å².